The fraction of sp³-hybridized carbons (Fsp3) is 0.400. The molecule has 6 nitrogen and oxygen atoms in total. The van der Waals surface area contributed by atoms with E-state index in [-0.39, 0.29) is 0 Å². The molecule has 0 aliphatic carbocycles. The van der Waals surface area contributed by atoms with E-state index in [0.717, 1.165) is 24.2 Å². The van der Waals surface area contributed by atoms with Gasteiger partial charge in [-0.2, -0.15) is 0 Å². The molecule has 2 heterocycles. The van der Waals surface area contributed by atoms with Crippen LogP contribution in [0.2, 0.25) is 0 Å². The summed E-state index contributed by atoms with van der Waals surface area (Å²) in [5, 5.41) is 7.88. The van der Waals surface area contributed by atoms with Crippen molar-refractivity contribution >= 4 is 5.82 Å². The second-order valence-electron chi connectivity index (χ2n) is 3.53. The summed E-state index contributed by atoms with van der Waals surface area (Å²) in [6, 6.07) is 0. The first kappa shape index (κ1) is 10.5. The van der Waals surface area contributed by atoms with Crippen LogP contribution >= 0.6 is 0 Å². The highest BCUT2D eigenvalue weighted by Gasteiger charge is 2.09. The molecule has 0 fully saturated rings. The fourth-order valence-electron chi connectivity index (χ4n) is 1.53. The molecule has 84 valence electrons. The quantitative estimate of drug-likeness (QED) is 0.814. The summed E-state index contributed by atoms with van der Waals surface area (Å²) in [6.07, 6.45) is 6.91. The Bertz CT molecular complexity index is 450. The number of anilines is 1. The van der Waals surface area contributed by atoms with Crippen LogP contribution in [0.5, 0.6) is 0 Å². The van der Waals surface area contributed by atoms with Crippen molar-refractivity contribution in [3.63, 3.8) is 0 Å². The maximum Gasteiger partial charge on any atom is 0.169 e. The summed E-state index contributed by atoms with van der Waals surface area (Å²) in [5.74, 6) is 0.505. The van der Waals surface area contributed by atoms with Gasteiger partial charge in [-0.25, -0.2) is 4.68 Å². The lowest BCUT2D eigenvalue weighted by Gasteiger charge is -2.04. The van der Waals surface area contributed by atoms with Crippen LogP contribution in [0.25, 0.3) is 0 Å². The van der Waals surface area contributed by atoms with Gasteiger partial charge in [0.25, 0.3) is 0 Å². The molecule has 0 atom stereocenters. The van der Waals surface area contributed by atoms with Crippen LogP contribution in [0.15, 0.2) is 18.6 Å². The molecular formula is C10H14N6. The summed E-state index contributed by atoms with van der Waals surface area (Å²) in [5.41, 5.74) is 7.57. The molecule has 0 unspecified atom stereocenters. The lowest BCUT2D eigenvalue weighted by molar-refractivity contribution is 0.603. The second-order valence-corrected chi connectivity index (χ2v) is 3.53. The number of nitrogens with zero attached hydrogens (tertiary/aromatic N) is 5. The predicted molar refractivity (Wildman–Crippen MR) is 59.6 cm³/mol. The maximum atomic E-state index is 5.75. The minimum absolute atomic E-state index is 0.505. The van der Waals surface area contributed by atoms with Crippen molar-refractivity contribution < 1.29 is 0 Å². The van der Waals surface area contributed by atoms with Crippen LogP contribution in [0.3, 0.4) is 0 Å². The number of hydrogen-bond donors (Lipinski definition) is 1. The molecule has 0 bridgehead atoms. The van der Waals surface area contributed by atoms with Crippen molar-refractivity contribution in [2.75, 3.05) is 5.73 Å². The van der Waals surface area contributed by atoms with Crippen LogP contribution in [0.4, 0.5) is 5.82 Å². The third kappa shape index (κ3) is 2.16. The summed E-state index contributed by atoms with van der Waals surface area (Å²) in [7, 11) is 0. The van der Waals surface area contributed by atoms with Gasteiger partial charge in [-0.15, -0.1) is 5.10 Å². The topological polar surface area (TPSA) is 82.5 Å². The molecule has 0 aliphatic rings. The van der Waals surface area contributed by atoms with Crippen LogP contribution in [-0.4, -0.2) is 25.0 Å². The Morgan fingerprint density at radius 1 is 1.38 bits per heavy atom. The Morgan fingerprint density at radius 3 is 2.94 bits per heavy atom. The lowest BCUT2D eigenvalue weighted by atomic mass is 10.2. The molecule has 0 saturated carbocycles. The van der Waals surface area contributed by atoms with E-state index < -0.39 is 0 Å². The van der Waals surface area contributed by atoms with Crippen LogP contribution in [0.1, 0.15) is 24.7 Å². The highest BCUT2D eigenvalue weighted by molar-refractivity contribution is 5.33. The number of hydrogen-bond acceptors (Lipinski definition) is 5. The molecule has 0 spiro atoms. The SMILES string of the molecule is CCCc1c(N)nnn1Cc1cnccn1. The van der Waals surface area contributed by atoms with E-state index in [9.17, 15) is 0 Å². The Labute approximate surface area is 93.5 Å². The monoisotopic (exact) mass is 218 g/mol. The number of nitrogens with two attached hydrogens (primary N) is 1. The van der Waals surface area contributed by atoms with Crippen molar-refractivity contribution in [3.8, 4) is 0 Å². The van der Waals surface area contributed by atoms with Gasteiger partial charge in [0, 0.05) is 12.4 Å². The standard InChI is InChI=1S/C10H14N6/c1-2-3-9-10(11)14-15-16(9)7-8-6-12-4-5-13-8/h4-6H,2-3,7,11H2,1H3. The zero-order chi connectivity index (χ0) is 11.4. The van der Waals surface area contributed by atoms with Crippen LogP contribution in [-0.2, 0) is 13.0 Å². The van der Waals surface area contributed by atoms with Crippen LogP contribution in [0, 0.1) is 0 Å². The van der Waals surface area contributed by atoms with E-state index in [1.807, 2.05) is 0 Å². The van der Waals surface area contributed by atoms with E-state index in [1.54, 1.807) is 23.3 Å². The van der Waals surface area contributed by atoms with E-state index in [2.05, 4.69) is 27.2 Å². The first-order valence-corrected chi connectivity index (χ1v) is 5.24. The molecule has 16 heavy (non-hydrogen) atoms. The van der Waals surface area contributed by atoms with E-state index >= 15 is 0 Å². The number of rotatable bonds is 4. The van der Waals surface area contributed by atoms with Gasteiger partial charge in [0.15, 0.2) is 5.82 Å². The zero-order valence-electron chi connectivity index (χ0n) is 9.17. The Morgan fingerprint density at radius 2 is 2.25 bits per heavy atom. The summed E-state index contributed by atoms with van der Waals surface area (Å²) >= 11 is 0. The van der Waals surface area contributed by atoms with Gasteiger partial charge < -0.3 is 5.73 Å². The highest BCUT2D eigenvalue weighted by atomic mass is 15.4. The fourth-order valence-corrected chi connectivity index (χ4v) is 1.53. The minimum atomic E-state index is 0.505. The first-order valence-electron chi connectivity index (χ1n) is 5.24. The smallest absolute Gasteiger partial charge is 0.169 e. The molecule has 2 N–H and O–H groups in total. The third-order valence-corrected chi connectivity index (χ3v) is 2.28. The van der Waals surface area contributed by atoms with E-state index in [1.165, 1.54) is 0 Å². The third-order valence-electron chi connectivity index (χ3n) is 2.28. The Hall–Kier alpha value is -1.98. The summed E-state index contributed by atoms with van der Waals surface area (Å²) in [6.45, 7) is 2.66. The molecule has 0 aromatic carbocycles. The van der Waals surface area contributed by atoms with E-state index in [0.29, 0.717) is 12.4 Å². The molecule has 2 aromatic rings. The van der Waals surface area contributed by atoms with Gasteiger partial charge in [0.2, 0.25) is 0 Å². The van der Waals surface area contributed by atoms with Gasteiger partial charge in [-0.3, -0.25) is 9.97 Å². The maximum absolute atomic E-state index is 5.75. The van der Waals surface area contributed by atoms with Crippen molar-refractivity contribution in [2.45, 2.75) is 26.3 Å². The van der Waals surface area contributed by atoms with Gasteiger partial charge >= 0.3 is 0 Å². The van der Waals surface area contributed by atoms with Gasteiger partial charge in [-0.05, 0) is 6.42 Å². The van der Waals surface area contributed by atoms with Crippen molar-refractivity contribution in [1.29, 1.82) is 0 Å². The molecular weight excluding hydrogens is 204 g/mol. The zero-order valence-corrected chi connectivity index (χ0v) is 9.17. The molecule has 0 aliphatic heterocycles. The van der Waals surface area contributed by atoms with Gasteiger partial charge in [-0.1, -0.05) is 18.6 Å². The normalized spacial score (nSPS) is 10.6. The minimum Gasteiger partial charge on any atom is -0.381 e. The first-order chi connectivity index (χ1) is 7.81. The predicted octanol–water partition coefficient (Wildman–Crippen LogP) is 0.651. The molecule has 2 rings (SSSR count). The molecule has 0 radical (unpaired) electrons. The number of nitrogen functional groups attached to an aromatic ring is 1. The lowest BCUT2D eigenvalue weighted by Crippen LogP contribution is -2.08. The van der Waals surface area contributed by atoms with Crippen molar-refractivity contribution in [3.05, 3.63) is 30.0 Å². The van der Waals surface area contributed by atoms with Crippen LogP contribution < -0.4 is 5.73 Å². The van der Waals surface area contributed by atoms with Crippen molar-refractivity contribution in [1.82, 2.24) is 25.0 Å². The largest absolute Gasteiger partial charge is 0.381 e. The average Bonchev–Trinajstić information content (AvgIpc) is 2.64. The van der Waals surface area contributed by atoms with Gasteiger partial charge in [0.1, 0.15) is 0 Å². The molecule has 0 amide bonds. The molecule has 6 heteroatoms. The van der Waals surface area contributed by atoms with Gasteiger partial charge in [0.05, 0.1) is 24.1 Å². The Kier molecular flexibility index (Phi) is 3.09. The summed E-state index contributed by atoms with van der Waals surface area (Å²) < 4.78 is 1.78. The average molecular weight is 218 g/mol. The van der Waals surface area contributed by atoms with Crippen molar-refractivity contribution in [2.24, 2.45) is 0 Å². The molecule has 0 saturated heterocycles. The van der Waals surface area contributed by atoms with E-state index in [4.69, 9.17) is 5.73 Å². The Balaban J connectivity index is 2.21. The second kappa shape index (κ2) is 4.69. The summed E-state index contributed by atoms with van der Waals surface area (Å²) in [4.78, 5) is 8.20. The number of aromatic nitrogens is 5. The highest BCUT2D eigenvalue weighted by Crippen LogP contribution is 2.11. The molecule has 2 aromatic heterocycles.